The third-order valence-corrected chi connectivity index (χ3v) is 2.75. The van der Waals surface area contributed by atoms with Gasteiger partial charge in [-0.15, -0.1) is 0 Å². The summed E-state index contributed by atoms with van der Waals surface area (Å²) in [6.45, 7) is 0. The number of benzene rings is 1. The molecular weight excluding hydrogens is 160 g/mol. The summed E-state index contributed by atoms with van der Waals surface area (Å²) in [5, 5.41) is 0. The third-order valence-electron chi connectivity index (χ3n) is 2.75. The van der Waals surface area contributed by atoms with Gasteiger partial charge in [-0.05, 0) is 30.0 Å². The van der Waals surface area contributed by atoms with Crippen LogP contribution in [0.25, 0.3) is 0 Å². The lowest BCUT2D eigenvalue weighted by molar-refractivity contribution is 0.712. The molecule has 0 heterocycles. The molecule has 2 heteroatoms. The maximum atomic E-state index is 6.06. The van der Waals surface area contributed by atoms with E-state index in [-0.39, 0.29) is 6.04 Å². The molecule has 2 nitrogen and oxygen atoms in total. The molecule has 0 amide bonds. The number of nitrogens with zero attached hydrogens (tertiary/aromatic N) is 1. The van der Waals surface area contributed by atoms with Gasteiger partial charge < -0.3 is 10.6 Å². The minimum atomic E-state index is 0.244. The van der Waals surface area contributed by atoms with E-state index in [9.17, 15) is 0 Å². The standard InChI is InChI=1S/C11H16N2/c1-13(2)10-5-3-4-8-6-7-9(12)11(8)10/h3-5,9H,6-7,12H2,1-2H3. The summed E-state index contributed by atoms with van der Waals surface area (Å²) in [6.07, 6.45) is 2.23. The highest BCUT2D eigenvalue weighted by atomic mass is 15.1. The molecule has 0 saturated carbocycles. The van der Waals surface area contributed by atoms with E-state index in [1.165, 1.54) is 16.8 Å². The average molecular weight is 176 g/mol. The Balaban J connectivity index is 2.53. The fourth-order valence-electron chi connectivity index (χ4n) is 2.09. The first-order valence-electron chi connectivity index (χ1n) is 4.75. The Hall–Kier alpha value is -1.02. The van der Waals surface area contributed by atoms with Gasteiger partial charge in [0.05, 0.1) is 0 Å². The summed E-state index contributed by atoms with van der Waals surface area (Å²) in [7, 11) is 4.14. The normalized spacial score (nSPS) is 20.1. The second-order valence-corrected chi connectivity index (χ2v) is 3.89. The van der Waals surface area contributed by atoms with Gasteiger partial charge in [-0.1, -0.05) is 12.1 Å². The van der Waals surface area contributed by atoms with Crippen LogP contribution in [0.2, 0.25) is 0 Å². The van der Waals surface area contributed by atoms with Crippen LogP contribution in [0.4, 0.5) is 5.69 Å². The minimum absolute atomic E-state index is 0.244. The van der Waals surface area contributed by atoms with Crippen LogP contribution < -0.4 is 10.6 Å². The van der Waals surface area contributed by atoms with Crippen molar-refractivity contribution in [3.63, 3.8) is 0 Å². The molecule has 0 aliphatic heterocycles. The van der Waals surface area contributed by atoms with Gasteiger partial charge in [0.15, 0.2) is 0 Å². The highest BCUT2D eigenvalue weighted by Gasteiger charge is 2.22. The van der Waals surface area contributed by atoms with Crippen LogP contribution in [0.15, 0.2) is 18.2 Å². The summed E-state index contributed by atoms with van der Waals surface area (Å²) >= 11 is 0. The predicted molar refractivity (Wildman–Crippen MR) is 56.0 cm³/mol. The van der Waals surface area contributed by atoms with Crippen molar-refractivity contribution < 1.29 is 0 Å². The molecular formula is C11H16N2. The molecule has 1 aliphatic carbocycles. The number of anilines is 1. The summed E-state index contributed by atoms with van der Waals surface area (Å²) in [5.74, 6) is 0. The van der Waals surface area contributed by atoms with Crippen molar-refractivity contribution in [2.75, 3.05) is 19.0 Å². The fraction of sp³-hybridized carbons (Fsp3) is 0.455. The predicted octanol–water partition coefficient (Wildman–Crippen LogP) is 1.70. The Kier molecular flexibility index (Phi) is 2.00. The fourth-order valence-corrected chi connectivity index (χ4v) is 2.09. The highest BCUT2D eigenvalue weighted by molar-refractivity contribution is 5.59. The molecule has 2 N–H and O–H groups in total. The average Bonchev–Trinajstić information content (AvgIpc) is 2.48. The van der Waals surface area contributed by atoms with Crippen LogP contribution in [0, 0.1) is 0 Å². The Morgan fingerprint density at radius 1 is 1.38 bits per heavy atom. The van der Waals surface area contributed by atoms with Crippen LogP contribution in [-0.2, 0) is 6.42 Å². The topological polar surface area (TPSA) is 29.3 Å². The monoisotopic (exact) mass is 176 g/mol. The van der Waals surface area contributed by atoms with Gasteiger partial charge in [-0.2, -0.15) is 0 Å². The van der Waals surface area contributed by atoms with Gasteiger partial charge in [0.2, 0.25) is 0 Å². The number of aryl methyl sites for hydroxylation is 1. The molecule has 0 aromatic heterocycles. The largest absolute Gasteiger partial charge is 0.377 e. The van der Waals surface area contributed by atoms with Crippen molar-refractivity contribution in [1.29, 1.82) is 0 Å². The summed E-state index contributed by atoms with van der Waals surface area (Å²) in [4.78, 5) is 2.14. The van der Waals surface area contributed by atoms with Crippen molar-refractivity contribution in [2.45, 2.75) is 18.9 Å². The zero-order chi connectivity index (χ0) is 9.42. The SMILES string of the molecule is CN(C)c1cccc2c1C(N)CC2. The number of rotatable bonds is 1. The first-order chi connectivity index (χ1) is 6.20. The van der Waals surface area contributed by atoms with Crippen LogP contribution in [-0.4, -0.2) is 14.1 Å². The van der Waals surface area contributed by atoms with E-state index in [0.29, 0.717) is 0 Å². The van der Waals surface area contributed by atoms with E-state index in [0.717, 1.165) is 12.8 Å². The van der Waals surface area contributed by atoms with Gasteiger partial charge >= 0.3 is 0 Å². The molecule has 0 radical (unpaired) electrons. The van der Waals surface area contributed by atoms with E-state index in [2.05, 4.69) is 37.2 Å². The Labute approximate surface area is 79.4 Å². The molecule has 0 saturated heterocycles. The third kappa shape index (κ3) is 1.31. The number of nitrogens with two attached hydrogens (primary N) is 1. The zero-order valence-corrected chi connectivity index (χ0v) is 8.25. The molecule has 0 bridgehead atoms. The summed E-state index contributed by atoms with van der Waals surface area (Å²) in [5.41, 5.74) is 10.1. The molecule has 13 heavy (non-hydrogen) atoms. The van der Waals surface area contributed by atoms with Gasteiger partial charge in [-0.3, -0.25) is 0 Å². The van der Waals surface area contributed by atoms with Gasteiger partial charge in [-0.25, -0.2) is 0 Å². The van der Waals surface area contributed by atoms with Crippen molar-refractivity contribution in [2.24, 2.45) is 5.73 Å². The highest BCUT2D eigenvalue weighted by Crippen LogP contribution is 2.35. The van der Waals surface area contributed by atoms with Crippen LogP contribution in [0.1, 0.15) is 23.6 Å². The molecule has 70 valence electrons. The van der Waals surface area contributed by atoms with Crippen molar-refractivity contribution >= 4 is 5.69 Å². The lowest BCUT2D eigenvalue weighted by Crippen LogP contribution is -2.15. The van der Waals surface area contributed by atoms with Crippen LogP contribution in [0.5, 0.6) is 0 Å². The molecule has 1 aromatic rings. The van der Waals surface area contributed by atoms with Gasteiger partial charge in [0.1, 0.15) is 0 Å². The van der Waals surface area contributed by atoms with E-state index >= 15 is 0 Å². The second-order valence-electron chi connectivity index (χ2n) is 3.89. The lowest BCUT2D eigenvalue weighted by Gasteiger charge is -2.19. The van der Waals surface area contributed by atoms with E-state index in [1.807, 2.05) is 0 Å². The summed E-state index contributed by atoms with van der Waals surface area (Å²) in [6, 6.07) is 6.69. The van der Waals surface area contributed by atoms with E-state index in [4.69, 9.17) is 5.73 Å². The quantitative estimate of drug-likeness (QED) is 0.705. The first-order valence-corrected chi connectivity index (χ1v) is 4.75. The molecule has 0 fully saturated rings. The van der Waals surface area contributed by atoms with Crippen molar-refractivity contribution in [1.82, 2.24) is 0 Å². The summed E-state index contributed by atoms with van der Waals surface area (Å²) < 4.78 is 0. The van der Waals surface area contributed by atoms with E-state index < -0.39 is 0 Å². The smallest absolute Gasteiger partial charge is 0.0412 e. The molecule has 0 spiro atoms. The maximum absolute atomic E-state index is 6.06. The molecule has 1 aliphatic rings. The zero-order valence-electron chi connectivity index (χ0n) is 8.25. The maximum Gasteiger partial charge on any atom is 0.0412 e. The van der Waals surface area contributed by atoms with Crippen LogP contribution in [0.3, 0.4) is 0 Å². The van der Waals surface area contributed by atoms with Gasteiger partial charge in [0.25, 0.3) is 0 Å². The van der Waals surface area contributed by atoms with Crippen molar-refractivity contribution in [3.8, 4) is 0 Å². The molecule has 1 aromatic carbocycles. The van der Waals surface area contributed by atoms with E-state index in [1.54, 1.807) is 0 Å². The first kappa shape index (κ1) is 8.57. The Bertz CT molecular complexity index is 318. The van der Waals surface area contributed by atoms with Gasteiger partial charge in [0, 0.05) is 25.8 Å². The van der Waals surface area contributed by atoms with Crippen LogP contribution >= 0.6 is 0 Å². The lowest BCUT2D eigenvalue weighted by atomic mass is 10.1. The number of fused-ring (bicyclic) bond motifs is 1. The molecule has 2 rings (SSSR count). The minimum Gasteiger partial charge on any atom is -0.377 e. The second kappa shape index (κ2) is 3.04. The Morgan fingerprint density at radius 3 is 2.85 bits per heavy atom. The molecule has 1 unspecified atom stereocenters. The number of hydrogen-bond donors (Lipinski definition) is 1. The Morgan fingerprint density at radius 2 is 2.15 bits per heavy atom. The molecule has 1 atom stereocenters. The number of hydrogen-bond acceptors (Lipinski definition) is 2. The van der Waals surface area contributed by atoms with Crippen molar-refractivity contribution in [3.05, 3.63) is 29.3 Å².